The van der Waals surface area contributed by atoms with Crippen LogP contribution in [0.3, 0.4) is 0 Å². The summed E-state index contributed by atoms with van der Waals surface area (Å²) in [6.07, 6.45) is 0.376. The molecule has 0 fully saturated rings. The summed E-state index contributed by atoms with van der Waals surface area (Å²) >= 11 is 0. The summed E-state index contributed by atoms with van der Waals surface area (Å²) in [5.74, 6) is -4.07. The van der Waals surface area contributed by atoms with Gasteiger partial charge in [-0.2, -0.15) is 0 Å². The van der Waals surface area contributed by atoms with Gasteiger partial charge in [-0.1, -0.05) is 0 Å². The number of hydrogen-bond donors (Lipinski definition) is 2. The summed E-state index contributed by atoms with van der Waals surface area (Å²) in [4.78, 5) is 21.3. The topological polar surface area (TPSA) is 102 Å². The third kappa shape index (κ3) is 4.82. The monoisotopic (exact) mass is 266 g/mol. The Morgan fingerprint density at radius 2 is 1.47 bits per heavy atom. The van der Waals surface area contributed by atoms with E-state index in [1.807, 2.05) is 0 Å². The van der Waals surface area contributed by atoms with Gasteiger partial charge < -0.3 is 23.5 Å². The smallest absolute Gasteiger partial charge is 0.481 e. The standard InChI is InChI=1S/C9H18O7Si/c1-14-17(15-2,16-3)6-4-5-7(8(10)11)9(12)13/h7H,4-6H2,1-3H3,(H,10,11)(H,12,13). The van der Waals surface area contributed by atoms with Crippen LogP contribution in [-0.2, 0) is 22.9 Å². The van der Waals surface area contributed by atoms with Crippen molar-refractivity contribution >= 4 is 20.7 Å². The first-order valence-corrected chi connectivity index (χ1v) is 6.96. The van der Waals surface area contributed by atoms with Gasteiger partial charge in [-0.25, -0.2) is 0 Å². The molecule has 8 heteroatoms. The lowest BCUT2D eigenvalue weighted by atomic mass is 10.1. The Balaban J connectivity index is 4.28. The van der Waals surface area contributed by atoms with E-state index >= 15 is 0 Å². The van der Waals surface area contributed by atoms with Crippen molar-refractivity contribution in [3.05, 3.63) is 0 Å². The van der Waals surface area contributed by atoms with E-state index in [4.69, 9.17) is 23.5 Å². The molecule has 0 aromatic carbocycles. The van der Waals surface area contributed by atoms with Crippen LogP contribution in [0.15, 0.2) is 0 Å². The van der Waals surface area contributed by atoms with Crippen molar-refractivity contribution in [2.45, 2.75) is 18.9 Å². The van der Waals surface area contributed by atoms with Gasteiger partial charge in [0.1, 0.15) is 0 Å². The zero-order valence-electron chi connectivity index (χ0n) is 10.1. The van der Waals surface area contributed by atoms with E-state index in [0.29, 0.717) is 12.5 Å². The van der Waals surface area contributed by atoms with Crippen LogP contribution in [0, 0.1) is 5.92 Å². The summed E-state index contributed by atoms with van der Waals surface area (Å²) < 4.78 is 15.4. The Morgan fingerprint density at radius 1 is 1.06 bits per heavy atom. The minimum Gasteiger partial charge on any atom is -0.481 e. The molecule has 0 aliphatic heterocycles. The van der Waals surface area contributed by atoms with Gasteiger partial charge in [-0.05, 0) is 12.8 Å². The molecule has 0 spiro atoms. The molecule has 0 aliphatic carbocycles. The first-order chi connectivity index (χ1) is 7.92. The van der Waals surface area contributed by atoms with Gasteiger partial charge in [0.2, 0.25) is 0 Å². The summed E-state index contributed by atoms with van der Waals surface area (Å²) in [5.41, 5.74) is 0. The molecular weight excluding hydrogens is 248 g/mol. The van der Waals surface area contributed by atoms with Crippen molar-refractivity contribution in [1.82, 2.24) is 0 Å². The van der Waals surface area contributed by atoms with E-state index in [0.717, 1.165) is 0 Å². The number of carbonyl (C=O) groups is 2. The molecule has 0 aromatic rings. The van der Waals surface area contributed by atoms with E-state index in [2.05, 4.69) is 0 Å². The lowest BCUT2D eigenvalue weighted by molar-refractivity contribution is -0.154. The molecule has 0 aliphatic rings. The molecule has 0 atom stereocenters. The van der Waals surface area contributed by atoms with Crippen molar-refractivity contribution < 1.29 is 33.1 Å². The van der Waals surface area contributed by atoms with Crippen molar-refractivity contribution in [2.24, 2.45) is 5.92 Å². The minimum atomic E-state index is -2.74. The summed E-state index contributed by atoms with van der Waals surface area (Å²) in [6.45, 7) is 0. The predicted molar refractivity (Wildman–Crippen MR) is 59.6 cm³/mol. The highest BCUT2D eigenvalue weighted by atomic mass is 28.4. The highest BCUT2D eigenvalue weighted by Crippen LogP contribution is 2.19. The van der Waals surface area contributed by atoms with Gasteiger partial charge in [0, 0.05) is 27.4 Å². The quantitative estimate of drug-likeness (QED) is 0.461. The third-order valence-corrected chi connectivity index (χ3v) is 5.34. The van der Waals surface area contributed by atoms with E-state index in [-0.39, 0.29) is 6.42 Å². The van der Waals surface area contributed by atoms with E-state index in [1.54, 1.807) is 0 Å². The zero-order valence-corrected chi connectivity index (χ0v) is 11.1. The summed E-state index contributed by atoms with van der Waals surface area (Å²) in [7, 11) is 1.61. The zero-order chi connectivity index (χ0) is 13.5. The highest BCUT2D eigenvalue weighted by Gasteiger charge is 2.38. The number of carboxylic acids is 2. The van der Waals surface area contributed by atoms with Crippen LogP contribution < -0.4 is 0 Å². The van der Waals surface area contributed by atoms with Crippen LogP contribution >= 0.6 is 0 Å². The minimum absolute atomic E-state index is 0.0233. The van der Waals surface area contributed by atoms with Gasteiger partial charge in [-0.15, -0.1) is 0 Å². The Morgan fingerprint density at radius 3 is 1.76 bits per heavy atom. The second-order valence-electron chi connectivity index (χ2n) is 3.42. The molecule has 0 aromatic heterocycles. The fourth-order valence-electron chi connectivity index (χ4n) is 1.43. The lowest BCUT2D eigenvalue weighted by Gasteiger charge is -2.24. The normalized spacial score (nSPS) is 11.8. The first-order valence-electron chi connectivity index (χ1n) is 5.03. The molecule has 0 unspecified atom stereocenters. The van der Waals surface area contributed by atoms with Crippen molar-refractivity contribution in [2.75, 3.05) is 21.3 Å². The Labute approximate surface area is 101 Å². The summed E-state index contributed by atoms with van der Waals surface area (Å²) in [5, 5.41) is 17.4. The molecule has 0 saturated carbocycles. The molecule has 100 valence electrons. The molecule has 0 amide bonds. The molecule has 7 nitrogen and oxygen atoms in total. The van der Waals surface area contributed by atoms with Crippen molar-refractivity contribution in [3.63, 3.8) is 0 Å². The predicted octanol–water partition coefficient (Wildman–Crippen LogP) is 0.430. The maximum atomic E-state index is 10.6. The Kier molecular flexibility index (Phi) is 6.96. The maximum Gasteiger partial charge on any atom is 0.500 e. The van der Waals surface area contributed by atoms with Gasteiger partial charge in [0.05, 0.1) is 0 Å². The van der Waals surface area contributed by atoms with Crippen LogP contribution in [0.25, 0.3) is 0 Å². The number of carboxylic acid groups (broad SMARTS) is 2. The highest BCUT2D eigenvalue weighted by molar-refractivity contribution is 6.60. The number of aliphatic carboxylic acids is 2. The Bertz CT molecular complexity index is 242. The van der Waals surface area contributed by atoms with E-state index in [9.17, 15) is 9.59 Å². The lowest BCUT2D eigenvalue weighted by Crippen LogP contribution is -2.42. The molecule has 0 rings (SSSR count). The number of rotatable bonds is 9. The SMILES string of the molecule is CO[Si](CCCC(C(=O)O)C(=O)O)(OC)OC. The van der Waals surface area contributed by atoms with Crippen LogP contribution in [0.1, 0.15) is 12.8 Å². The van der Waals surface area contributed by atoms with Gasteiger partial charge in [-0.3, -0.25) is 9.59 Å². The molecular formula is C9H18O7Si. The first kappa shape index (κ1) is 16.0. The maximum absolute atomic E-state index is 10.6. The van der Waals surface area contributed by atoms with E-state index in [1.165, 1.54) is 21.3 Å². The fourth-order valence-corrected chi connectivity index (χ4v) is 3.18. The average Bonchev–Trinajstić information content (AvgIpc) is 2.29. The van der Waals surface area contributed by atoms with Crippen LogP contribution in [0.5, 0.6) is 0 Å². The third-order valence-electron chi connectivity index (χ3n) is 2.50. The van der Waals surface area contributed by atoms with Crippen LogP contribution in [-0.4, -0.2) is 52.3 Å². The largest absolute Gasteiger partial charge is 0.500 e. The van der Waals surface area contributed by atoms with E-state index < -0.39 is 26.7 Å². The second-order valence-corrected chi connectivity index (χ2v) is 6.51. The van der Waals surface area contributed by atoms with Crippen molar-refractivity contribution in [1.29, 1.82) is 0 Å². The average molecular weight is 266 g/mol. The van der Waals surface area contributed by atoms with Gasteiger partial charge in [0.25, 0.3) is 0 Å². The molecule has 0 radical (unpaired) electrons. The molecule has 17 heavy (non-hydrogen) atoms. The summed E-state index contributed by atoms with van der Waals surface area (Å²) in [6, 6.07) is 0.383. The van der Waals surface area contributed by atoms with Gasteiger partial charge >= 0.3 is 20.7 Å². The fraction of sp³-hybridized carbons (Fsp3) is 0.778. The molecule has 0 bridgehead atoms. The van der Waals surface area contributed by atoms with Crippen molar-refractivity contribution in [3.8, 4) is 0 Å². The van der Waals surface area contributed by atoms with Crippen LogP contribution in [0.2, 0.25) is 6.04 Å². The second kappa shape index (κ2) is 7.38. The molecule has 2 N–H and O–H groups in total. The van der Waals surface area contributed by atoms with Crippen LogP contribution in [0.4, 0.5) is 0 Å². The van der Waals surface area contributed by atoms with Gasteiger partial charge in [0.15, 0.2) is 5.92 Å². The molecule has 0 saturated heterocycles. The number of hydrogen-bond acceptors (Lipinski definition) is 5. The molecule has 0 heterocycles. The Hall–Kier alpha value is -0.963.